The first-order valence-electron chi connectivity index (χ1n) is 9.69. The minimum absolute atomic E-state index is 0.111. The second-order valence-corrected chi connectivity index (χ2v) is 7.47. The van der Waals surface area contributed by atoms with Gasteiger partial charge >= 0.3 is 0 Å². The number of benzene rings is 1. The van der Waals surface area contributed by atoms with E-state index in [-0.39, 0.29) is 17.9 Å². The number of hydrogen-bond acceptors (Lipinski definition) is 4. The Morgan fingerprint density at radius 3 is 2.68 bits per heavy atom. The maximum atomic E-state index is 12.6. The van der Waals surface area contributed by atoms with Gasteiger partial charge in [0, 0.05) is 29.9 Å². The first-order valence-corrected chi connectivity index (χ1v) is 10.1. The van der Waals surface area contributed by atoms with Crippen molar-refractivity contribution < 1.29 is 9.59 Å². The van der Waals surface area contributed by atoms with E-state index in [1.165, 1.54) is 0 Å². The van der Waals surface area contributed by atoms with Crippen molar-refractivity contribution in [2.24, 2.45) is 0 Å². The van der Waals surface area contributed by atoms with Crippen LogP contribution in [0.3, 0.4) is 0 Å². The topological polar surface area (TPSA) is 75.2 Å². The van der Waals surface area contributed by atoms with Gasteiger partial charge in [-0.3, -0.25) is 9.59 Å². The number of carbonyl (C=O) groups excluding carboxylic acids is 2. The average Bonchev–Trinajstić information content (AvgIpc) is 2.69. The second kappa shape index (κ2) is 9.15. The summed E-state index contributed by atoms with van der Waals surface area (Å²) in [7, 11) is 0. The largest absolute Gasteiger partial charge is 0.332 e. The first-order chi connectivity index (χ1) is 13.5. The molecule has 6 nitrogen and oxygen atoms in total. The number of aromatic nitrogens is 2. The highest BCUT2D eigenvalue weighted by Gasteiger charge is 2.30. The Morgan fingerprint density at radius 1 is 1.25 bits per heavy atom. The zero-order chi connectivity index (χ0) is 20.1. The van der Waals surface area contributed by atoms with Gasteiger partial charge in [0.1, 0.15) is 0 Å². The molecule has 0 saturated carbocycles. The molecule has 28 heavy (non-hydrogen) atoms. The Hall–Kier alpha value is -2.47. The number of rotatable bonds is 5. The van der Waals surface area contributed by atoms with Gasteiger partial charge in [0.15, 0.2) is 5.82 Å². The minimum atomic E-state index is -0.270. The fourth-order valence-electron chi connectivity index (χ4n) is 3.46. The molecule has 0 radical (unpaired) electrons. The molecule has 7 heteroatoms. The van der Waals surface area contributed by atoms with E-state index < -0.39 is 0 Å². The van der Waals surface area contributed by atoms with E-state index >= 15 is 0 Å². The number of anilines is 1. The van der Waals surface area contributed by atoms with Crippen molar-refractivity contribution in [3.63, 3.8) is 0 Å². The van der Waals surface area contributed by atoms with Gasteiger partial charge in [0.25, 0.3) is 5.91 Å². The summed E-state index contributed by atoms with van der Waals surface area (Å²) in [6.45, 7) is 4.54. The van der Waals surface area contributed by atoms with Crippen LogP contribution in [0.1, 0.15) is 66.9 Å². The lowest BCUT2D eigenvalue weighted by molar-refractivity contribution is -0.135. The third kappa shape index (κ3) is 4.68. The van der Waals surface area contributed by atoms with Crippen LogP contribution in [0.15, 0.2) is 30.5 Å². The normalized spacial score (nSPS) is 16.7. The third-order valence-corrected chi connectivity index (χ3v) is 5.18. The summed E-state index contributed by atoms with van der Waals surface area (Å²) in [6.07, 6.45) is 5.82. The fourth-order valence-corrected chi connectivity index (χ4v) is 3.58. The average molecular weight is 401 g/mol. The van der Waals surface area contributed by atoms with Gasteiger partial charge in [-0.15, -0.1) is 0 Å². The molecule has 0 unspecified atom stereocenters. The molecule has 1 aliphatic rings. The molecule has 0 bridgehead atoms. The van der Waals surface area contributed by atoms with Gasteiger partial charge in [-0.05, 0) is 56.9 Å². The van der Waals surface area contributed by atoms with Crippen LogP contribution in [0.5, 0.6) is 0 Å². The molecule has 2 amide bonds. The number of hydrogen-bond donors (Lipinski definition) is 1. The molecular weight excluding hydrogens is 376 g/mol. The third-order valence-electron chi connectivity index (χ3n) is 4.93. The number of nitrogens with one attached hydrogen (secondary N) is 1. The van der Waals surface area contributed by atoms with Gasteiger partial charge in [0.2, 0.25) is 5.91 Å². The van der Waals surface area contributed by atoms with Crippen LogP contribution in [0, 0.1) is 6.92 Å². The van der Waals surface area contributed by atoms with E-state index in [2.05, 4.69) is 15.3 Å². The lowest BCUT2D eigenvalue weighted by Crippen LogP contribution is -2.39. The van der Waals surface area contributed by atoms with Crippen molar-refractivity contribution in [2.75, 3.05) is 11.9 Å². The molecule has 2 aromatic rings. The second-order valence-electron chi connectivity index (χ2n) is 7.04. The van der Waals surface area contributed by atoms with E-state index in [4.69, 9.17) is 11.6 Å². The zero-order valence-electron chi connectivity index (χ0n) is 16.2. The molecule has 1 saturated heterocycles. The Bertz CT molecular complexity index is 854. The smallest absolute Gasteiger partial charge is 0.259 e. The highest BCUT2D eigenvalue weighted by molar-refractivity contribution is 6.30. The van der Waals surface area contributed by atoms with Crippen LogP contribution in [-0.4, -0.2) is 33.2 Å². The van der Waals surface area contributed by atoms with E-state index in [0.717, 1.165) is 32.2 Å². The number of nitrogens with zero attached hydrogens (tertiary/aromatic N) is 3. The molecule has 1 N–H and O–H groups in total. The van der Waals surface area contributed by atoms with Crippen LogP contribution in [0.2, 0.25) is 5.02 Å². The Balaban J connectivity index is 1.78. The molecular formula is C21H25ClN4O2. The number of piperidine rings is 1. The quantitative estimate of drug-likeness (QED) is 0.799. The first kappa shape index (κ1) is 20.3. The number of amides is 2. The maximum Gasteiger partial charge on any atom is 0.259 e. The van der Waals surface area contributed by atoms with Gasteiger partial charge in [-0.25, -0.2) is 9.97 Å². The molecule has 0 aliphatic carbocycles. The summed E-state index contributed by atoms with van der Waals surface area (Å²) in [5.74, 6) is 0.497. The number of carbonyl (C=O) groups is 2. The summed E-state index contributed by atoms with van der Waals surface area (Å²) < 4.78 is 0. The molecule has 2 heterocycles. The molecule has 0 spiro atoms. The maximum absolute atomic E-state index is 12.6. The van der Waals surface area contributed by atoms with E-state index in [1.54, 1.807) is 37.4 Å². The summed E-state index contributed by atoms with van der Waals surface area (Å²) >= 11 is 5.87. The summed E-state index contributed by atoms with van der Waals surface area (Å²) in [4.78, 5) is 36.0. The molecule has 3 rings (SSSR count). The van der Waals surface area contributed by atoms with Crippen molar-refractivity contribution in [1.29, 1.82) is 0 Å². The van der Waals surface area contributed by atoms with E-state index in [9.17, 15) is 9.59 Å². The van der Waals surface area contributed by atoms with Crippen molar-refractivity contribution in [3.8, 4) is 0 Å². The van der Waals surface area contributed by atoms with Crippen molar-refractivity contribution in [1.82, 2.24) is 14.9 Å². The summed E-state index contributed by atoms with van der Waals surface area (Å²) in [5.41, 5.74) is 1.67. The van der Waals surface area contributed by atoms with Crippen LogP contribution in [0.4, 0.5) is 5.69 Å². The highest BCUT2D eigenvalue weighted by Crippen LogP contribution is 2.30. The molecule has 1 fully saturated rings. The Kier molecular flexibility index (Phi) is 6.62. The zero-order valence-corrected chi connectivity index (χ0v) is 17.0. The predicted molar refractivity (Wildman–Crippen MR) is 109 cm³/mol. The van der Waals surface area contributed by atoms with Gasteiger partial charge in [-0.2, -0.15) is 0 Å². The van der Waals surface area contributed by atoms with E-state index in [0.29, 0.717) is 34.2 Å². The van der Waals surface area contributed by atoms with Crippen molar-refractivity contribution in [3.05, 3.63) is 52.6 Å². The number of likely N-dealkylation sites (tertiary alicyclic amines) is 1. The SMILES string of the molecule is CCCC(=O)N1CCCC[C@H]1c1ncc(C(=O)Nc2ccc(Cl)cc2)c(C)n1. The molecule has 1 atom stereocenters. The van der Waals surface area contributed by atoms with E-state index in [1.807, 2.05) is 11.8 Å². The van der Waals surface area contributed by atoms with Crippen molar-refractivity contribution in [2.45, 2.75) is 52.0 Å². The lowest BCUT2D eigenvalue weighted by Gasteiger charge is -2.35. The molecule has 1 aliphatic heterocycles. The predicted octanol–water partition coefficient (Wildman–Crippen LogP) is 4.54. The summed E-state index contributed by atoms with van der Waals surface area (Å²) in [6, 6.07) is 6.80. The Labute approximate surface area is 170 Å². The standard InChI is InChI=1S/C21H25ClN4O2/c1-3-6-19(27)26-12-5-4-7-18(26)20-23-13-17(14(2)24-20)21(28)25-16-10-8-15(22)9-11-16/h8-11,13,18H,3-7,12H2,1-2H3,(H,25,28)/t18-/m0/s1. The minimum Gasteiger partial charge on any atom is -0.332 e. The van der Waals surface area contributed by atoms with Crippen LogP contribution < -0.4 is 5.32 Å². The number of halogens is 1. The van der Waals surface area contributed by atoms with Crippen LogP contribution >= 0.6 is 11.6 Å². The van der Waals surface area contributed by atoms with Crippen LogP contribution in [0.25, 0.3) is 0 Å². The lowest BCUT2D eigenvalue weighted by atomic mass is 10.0. The van der Waals surface area contributed by atoms with Crippen LogP contribution in [-0.2, 0) is 4.79 Å². The molecule has 1 aromatic carbocycles. The fraction of sp³-hybridized carbons (Fsp3) is 0.429. The van der Waals surface area contributed by atoms with Crippen molar-refractivity contribution >= 4 is 29.1 Å². The van der Waals surface area contributed by atoms with Gasteiger partial charge in [-0.1, -0.05) is 18.5 Å². The monoisotopic (exact) mass is 400 g/mol. The highest BCUT2D eigenvalue weighted by atomic mass is 35.5. The van der Waals surface area contributed by atoms with Gasteiger partial charge < -0.3 is 10.2 Å². The molecule has 1 aromatic heterocycles. The number of aryl methyl sites for hydroxylation is 1. The molecule has 148 valence electrons. The van der Waals surface area contributed by atoms with Gasteiger partial charge in [0.05, 0.1) is 17.3 Å². The summed E-state index contributed by atoms with van der Waals surface area (Å²) in [5, 5.41) is 3.43. The Morgan fingerprint density at radius 2 is 2.00 bits per heavy atom.